The number of hydrogen-bond donors (Lipinski definition) is 1. The largest absolute Gasteiger partial charge is 0.317 e. The first-order chi connectivity index (χ1) is 8.61. The van der Waals surface area contributed by atoms with Crippen molar-refractivity contribution in [1.82, 2.24) is 10.2 Å². The van der Waals surface area contributed by atoms with Crippen LogP contribution in [0.2, 0.25) is 5.02 Å². The average Bonchev–Trinajstić information content (AvgIpc) is 2.41. The molecule has 1 aliphatic heterocycles. The van der Waals surface area contributed by atoms with Gasteiger partial charge >= 0.3 is 0 Å². The first-order valence-electron chi connectivity index (χ1n) is 6.48. The van der Waals surface area contributed by atoms with Crippen LogP contribution in [-0.4, -0.2) is 31.1 Å². The Labute approximate surface area is 113 Å². The minimum absolute atomic E-state index is 0.212. The average molecular weight is 271 g/mol. The lowest BCUT2D eigenvalue weighted by atomic mass is 10.0. The highest BCUT2D eigenvalue weighted by Crippen LogP contribution is 2.27. The number of benzene rings is 1. The summed E-state index contributed by atoms with van der Waals surface area (Å²) in [6.07, 6.45) is 2.32. The maximum absolute atomic E-state index is 13.1. The molecule has 1 aromatic rings. The Kier molecular flexibility index (Phi) is 4.60. The standard InChI is InChI=1S/C14H20ClFN2/c1-10(11-3-4-14(16)13(15)9-11)18-7-5-12(17-2)6-8-18/h3-4,9-10,12,17H,5-8H2,1-2H3. The van der Waals surface area contributed by atoms with E-state index < -0.39 is 0 Å². The van der Waals surface area contributed by atoms with Gasteiger partial charge in [-0.3, -0.25) is 4.90 Å². The molecule has 0 radical (unpaired) electrons. The first-order valence-corrected chi connectivity index (χ1v) is 6.86. The summed E-state index contributed by atoms with van der Waals surface area (Å²) in [7, 11) is 2.02. The molecule has 1 aliphatic rings. The molecule has 0 amide bonds. The summed E-state index contributed by atoms with van der Waals surface area (Å²) in [5.41, 5.74) is 1.09. The molecule has 4 heteroatoms. The summed E-state index contributed by atoms with van der Waals surface area (Å²) in [6.45, 7) is 4.30. The Bertz CT molecular complexity index is 403. The Morgan fingerprint density at radius 3 is 2.61 bits per heavy atom. The first kappa shape index (κ1) is 13.8. The van der Waals surface area contributed by atoms with Crippen LogP contribution in [0.4, 0.5) is 4.39 Å². The molecule has 2 rings (SSSR count). The van der Waals surface area contributed by atoms with E-state index in [1.165, 1.54) is 6.07 Å². The number of nitrogens with one attached hydrogen (secondary N) is 1. The molecular formula is C14H20ClFN2. The SMILES string of the molecule is CNC1CCN(C(C)c2ccc(F)c(Cl)c2)CC1. The molecule has 0 aromatic heterocycles. The third kappa shape index (κ3) is 3.02. The fourth-order valence-corrected chi connectivity index (χ4v) is 2.75. The quantitative estimate of drug-likeness (QED) is 0.907. The van der Waals surface area contributed by atoms with Crippen molar-refractivity contribution in [3.63, 3.8) is 0 Å². The van der Waals surface area contributed by atoms with Gasteiger partial charge in [-0.25, -0.2) is 4.39 Å². The van der Waals surface area contributed by atoms with Gasteiger partial charge < -0.3 is 5.32 Å². The van der Waals surface area contributed by atoms with Crippen LogP contribution in [0, 0.1) is 5.82 Å². The van der Waals surface area contributed by atoms with E-state index in [9.17, 15) is 4.39 Å². The van der Waals surface area contributed by atoms with Crippen LogP contribution in [0.25, 0.3) is 0 Å². The van der Waals surface area contributed by atoms with E-state index in [2.05, 4.69) is 17.1 Å². The third-order valence-corrected chi connectivity index (χ3v) is 4.20. The van der Waals surface area contributed by atoms with Gasteiger partial charge in [0.25, 0.3) is 0 Å². The minimum Gasteiger partial charge on any atom is -0.317 e. The van der Waals surface area contributed by atoms with E-state index in [1.54, 1.807) is 6.07 Å². The van der Waals surface area contributed by atoms with Gasteiger partial charge in [0.05, 0.1) is 5.02 Å². The maximum Gasteiger partial charge on any atom is 0.141 e. The summed E-state index contributed by atoms with van der Waals surface area (Å²) < 4.78 is 13.1. The molecule has 1 heterocycles. The molecule has 1 atom stereocenters. The number of hydrogen-bond acceptors (Lipinski definition) is 2. The molecule has 1 unspecified atom stereocenters. The van der Waals surface area contributed by atoms with E-state index in [1.807, 2.05) is 13.1 Å². The molecule has 0 bridgehead atoms. The minimum atomic E-state index is -0.346. The molecule has 1 saturated heterocycles. The zero-order valence-corrected chi connectivity index (χ0v) is 11.7. The highest BCUT2D eigenvalue weighted by atomic mass is 35.5. The predicted octanol–water partition coefficient (Wildman–Crippen LogP) is 3.22. The van der Waals surface area contributed by atoms with Crippen LogP contribution in [0.3, 0.4) is 0 Å². The Hall–Kier alpha value is -0.640. The van der Waals surface area contributed by atoms with Crippen LogP contribution >= 0.6 is 11.6 Å². The van der Waals surface area contributed by atoms with Crippen LogP contribution in [-0.2, 0) is 0 Å². The van der Waals surface area contributed by atoms with Gasteiger partial charge in [-0.1, -0.05) is 17.7 Å². The molecule has 1 aromatic carbocycles. The maximum atomic E-state index is 13.1. The summed E-state index contributed by atoms with van der Waals surface area (Å²) in [4.78, 5) is 2.43. The summed E-state index contributed by atoms with van der Waals surface area (Å²) in [5, 5.41) is 3.53. The van der Waals surface area contributed by atoms with Crippen molar-refractivity contribution >= 4 is 11.6 Å². The Morgan fingerprint density at radius 2 is 2.06 bits per heavy atom. The smallest absolute Gasteiger partial charge is 0.141 e. The lowest BCUT2D eigenvalue weighted by molar-refractivity contribution is 0.155. The molecule has 18 heavy (non-hydrogen) atoms. The topological polar surface area (TPSA) is 15.3 Å². The molecule has 0 saturated carbocycles. The van der Waals surface area contributed by atoms with Gasteiger partial charge in [-0.15, -0.1) is 0 Å². The van der Waals surface area contributed by atoms with Crippen molar-refractivity contribution in [3.8, 4) is 0 Å². The van der Waals surface area contributed by atoms with Gasteiger partial charge in [-0.05, 0) is 44.5 Å². The van der Waals surface area contributed by atoms with Crippen molar-refractivity contribution in [3.05, 3.63) is 34.6 Å². The molecule has 100 valence electrons. The summed E-state index contributed by atoms with van der Waals surface area (Å²) in [6, 6.07) is 5.95. The second-order valence-electron chi connectivity index (χ2n) is 4.95. The lowest BCUT2D eigenvalue weighted by Gasteiger charge is -2.36. The zero-order valence-electron chi connectivity index (χ0n) is 10.9. The van der Waals surface area contributed by atoms with Crippen molar-refractivity contribution < 1.29 is 4.39 Å². The third-order valence-electron chi connectivity index (χ3n) is 3.91. The summed E-state index contributed by atoms with van der Waals surface area (Å²) >= 11 is 5.84. The second-order valence-corrected chi connectivity index (χ2v) is 5.36. The molecule has 1 fully saturated rings. The summed E-state index contributed by atoms with van der Waals surface area (Å²) in [5.74, 6) is -0.346. The lowest BCUT2D eigenvalue weighted by Crippen LogP contribution is -2.42. The van der Waals surface area contributed by atoms with E-state index in [0.717, 1.165) is 31.5 Å². The zero-order chi connectivity index (χ0) is 13.1. The van der Waals surface area contributed by atoms with Crippen LogP contribution in [0.5, 0.6) is 0 Å². The van der Waals surface area contributed by atoms with Crippen LogP contribution < -0.4 is 5.32 Å². The van der Waals surface area contributed by atoms with E-state index >= 15 is 0 Å². The second kappa shape index (κ2) is 6.00. The monoisotopic (exact) mass is 270 g/mol. The van der Waals surface area contributed by atoms with Crippen molar-refractivity contribution in [1.29, 1.82) is 0 Å². The van der Waals surface area contributed by atoms with Gasteiger partial charge in [0, 0.05) is 25.2 Å². The fourth-order valence-electron chi connectivity index (χ4n) is 2.56. The normalized spacial score (nSPS) is 20.0. The number of likely N-dealkylation sites (tertiary alicyclic amines) is 1. The Morgan fingerprint density at radius 1 is 1.39 bits per heavy atom. The number of rotatable bonds is 3. The van der Waals surface area contributed by atoms with Crippen LogP contribution in [0.15, 0.2) is 18.2 Å². The molecular weight excluding hydrogens is 251 g/mol. The number of nitrogens with zero attached hydrogens (tertiary/aromatic N) is 1. The predicted molar refractivity (Wildman–Crippen MR) is 73.5 cm³/mol. The highest BCUT2D eigenvalue weighted by Gasteiger charge is 2.22. The Balaban J connectivity index is 2.03. The fraction of sp³-hybridized carbons (Fsp3) is 0.571. The van der Waals surface area contributed by atoms with E-state index in [-0.39, 0.29) is 10.8 Å². The van der Waals surface area contributed by atoms with Crippen molar-refractivity contribution in [2.24, 2.45) is 0 Å². The van der Waals surface area contributed by atoms with E-state index in [4.69, 9.17) is 11.6 Å². The van der Waals surface area contributed by atoms with Gasteiger partial charge in [-0.2, -0.15) is 0 Å². The molecule has 1 N–H and O–H groups in total. The number of piperidine rings is 1. The molecule has 0 spiro atoms. The molecule has 2 nitrogen and oxygen atoms in total. The van der Waals surface area contributed by atoms with Crippen molar-refractivity contribution in [2.45, 2.75) is 31.8 Å². The van der Waals surface area contributed by atoms with Crippen LogP contribution in [0.1, 0.15) is 31.4 Å². The molecule has 0 aliphatic carbocycles. The van der Waals surface area contributed by atoms with Gasteiger partial charge in [0.15, 0.2) is 0 Å². The van der Waals surface area contributed by atoms with Gasteiger partial charge in [0.2, 0.25) is 0 Å². The van der Waals surface area contributed by atoms with Gasteiger partial charge in [0.1, 0.15) is 5.82 Å². The number of halogens is 2. The highest BCUT2D eigenvalue weighted by molar-refractivity contribution is 6.30. The van der Waals surface area contributed by atoms with Crippen molar-refractivity contribution in [2.75, 3.05) is 20.1 Å². The van der Waals surface area contributed by atoms with E-state index in [0.29, 0.717) is 12.1 Å².